The molecule has 1 aliphatic heterocycles. The second kappa shape index (κ2) is 5.61. The molecule has 0 aromatic carbocycles. The molecule has 1 aromatic rings. The number of anilines is 1. The van der Waals surface area contributed by atoms with Gasteiger partial charge in [-0.3, -0.25) is 5.41 Å². The predicted molar refractivity (Wildman–Crippen MR) is 78.7 cm³/mol. The van der Waals surface area contributed by atoms with Crippen molar-refractivity contribution in [2.24, 2.45) is 5.73 Å². The number of aryl methyl sites for hydroxylation is 1. The summed E-state index contributed by atoms with van der Waals surface area (Å²) in [6, 6.07) is 1.91. The molecule has 0 spiro atoms. The number of nitrogens with two attached hydrogens (primary N) is 1. The van der Waals surface area contributed by atoms with Crippen LogP contribution in [0.15, 0.2) is 12.3 Å². The Morgan fingerprint density at radius 2 is 2.44 bits per heavy atom. The van der Waals surface area contributed by atoms with Crippen molar-refractivity contribution >= 4 is 23.4 Å². The molecule has 98 valence electrons. The van der Waals surface area contributed by atoms with E-state index in [4.69, 9.17) is 11.1 Å². The minimum absolute atomic E-state index is 0.113. The van der Waals surface area contributed by atoms with Crippen LogP contribution in [0.1, 0.15) is 24.5 Å². The van der Waals surface area contributed by atoms with Crippen molar-refractivity contribution in [1.82, 2.24) is 4.98 Å². The minimum atomic E-state index is 0.113. The SMILES string of the molecule is CCC1CN(c2nccc(C)c2C(=N)N)CCS1. The topological polar surface area (TPSA) is 66.0 Å². The molecule has 1 unspecified atom stereocenters. The number of hydrogen-bond acceptors (Lipinski definition) is 4. The summed E-state index contributed by atoms with van der Waals surface area (Å²) in [6.45, 7) is 6.18. The van der Waals surface area contributed by atoms with Crippen LogP contribution in [0.5, 0.6) is 0 Å². The highest BCUT2D eigenvalue weighted by atomic mass is 32.2. The van der Waals surface area contributed by atoms with Crippen molar-refractivity contribution in [2.75, 3.05) is 23.7 Å². The van der Waals surface area contributed by atoms with Crippen molar-refractivity contribution < 1.29 is 0 Å². The first-order chi connectivity index (χ1) is 8.63. The molecule has 2 heterocycles. The Hall–Kier alpha value is -1.23. The third kappa shape index (κ3) is 2.61. The number of amidine groups is 1. The first-order valence-electron chi connectivity index (χ1n) is 6.30. The van der Waals surface area contributed by atoms with E-state index in [9.17, 15) is 0 Å². The van der Waals surface area contributed by atoms with Gasteiger partial charge in [-0.1, -0.05) is 6.92 Å². The van der Waals surface area contributed by atoms with Gasteiger partial charge in [0.05, 0.1) is 5.56 Å². The van der Waals surface area contributed by atoms with Gasteiger partial charge in [-0.25, -0.2) is 4.98 Å². The first kappa shape index (κ1) is 13.2. The van der Waals surface area contributed by atoms with E-state index in [1.54, 1.807) is 6.20 Å². The minimum Gasteiger partial charge on any atom is -0.384 e. The quantitative estimate of drug-likeness (QED) is 0.647. The van der Waals surface area contributed by atoms with E-state index >= 15 is 0 Å². The van der Waals surface area contributed by atoms with E-state index in [1.165, 1.54) is 6.42 Å². The Kier molecular flexibility index (Phi) is 4.11. The summed E-state index contributed by atoms with van der Waals surface area (Å²) in [4.78, 5) is 6.72. The van der Waals surface area contributed by atoms with Gasteiger partial charge < -0.3 is 10.6 Å². The fourth-order valence-corrected chi connectivity index (χ4v) is 3.46. The molecule has 18 heavy (non-hydrogen) atoms. The zero-order chi connectivity index (χ0) is 13.1. The van der Waals surface area contributed by atoms with Gasteiger partial charge in [0.2, 0.25) is 0 Å². The van der Waals surface area contributed by atoms with Gasteiger partial charge in [-0.2, -0.15) is 11.8 Å². The molecule has 0 amide bonds. The van der Waals surface area contributed by atoms with Crippen LogP contribution in [0.25, 0.3) is 0 Å². The Balaban J connectivity index is 2.32. The lowest BCUT2D eigenvalue weighted by atomic mass is 10.1. The average molecular weight is 264 g/mol. The first-order valence-corrected chi connectivity index (χ1v) is 7.35. The zero-order valence-corrected chi connectivity index (χ0v) is 11.8. The van der Waals surface area contributed by atoms with Gasteiger partial charge in [-0.05, 0) is 25.0 Å². The Labute approximate surface area is 112 Å². The monoisotopic (exact) mass is 264 g/mol. The Morgan fingerprint density at radius 3 is 3.11 bits per heavy atom. The van der Waals surface area contributed by atoms with Crippen LogP contribution in [0.2, 0.25) is 0 Å². The maximum atomic E-state index is 7.74. The second-order valence-corrected chi connectivity index (χ2v) is 6.00. The molecule has 1 saturated heterocycles. The summed E-state index contributed by atoms with van der Waals surface area (Å²) in [7, 11) is 0. The molecule has 1 aliphatic rings. The molecule has 0 radical (unpaired) electrons. The van der Waals surface area contributed by atoms with Crippen molar-refractivity contribution in [1.29, 1.82) is 5.41 Å². The van der Waals surface area contributed by atoms with Gasteiger partial charge in [0.25, 0.3) is 0 Å². The summed E-state index contributed by atoms with van der Waals surface area (Å²) in [6.07, 6.45) is 2.97. The number of nitrogens with zero attached hydrogens (tertiary/aromatic N) is 2. The van der Waals surface area contributed by atoms with Gasteiger partial charge in [0.1, 0.15) is 11.7 Å². The van der Waals surface area contributed by atoms with Crippen LogP contribution < -0.4 is 10.6 Å². The fraction of sp³-hybridized carbons (Fsp3) is 0.538. The van der Waals surface area contributed by atoms with Crippen molar-refractivity contribution in [3.05, 3.63) is 23.4 Å². The van der Waals surface area contributed by atoms with Crippen LogP contribution in [0, 0.1) is 12.3 Å². The normalized spacial score (nSPS) is 19.9. The van der Waals surface area contributed by atoms with Crippen LogP contribution in [0.4, 0.5) is 5.82 Å². The number of pyridine rings is 1. The fourth-order valence-electron chi connectivity index (χ4n) is 2.28. The van der Waals surface area contributed by atoms with Gasteiger partial charge in [-0.15, -0.1) is 0 Å². The summed E-state index contributed by atoms with van der Waals surface area (Å²) >= 11 is 2.03. The average Bonchev–Trinajstić information content (AvgIpc) is 2.38. The highest BCUT2D eigenvalue weighted by Crippen LogP contribution is 2.27. The summed E-state index contributed by atoms with van der Waals surface area (Å²) < 4.78 is 0. The summed E-state index contributed by atoms with van der Waals surface area (Å²) in [5, 5.41) is 8.39. The molecule has 1 atom stereocenters. The number of nitrogen functional groups attached to an aromatic ring is 1. The maximum absolute atomic E-state index is 7.74. The molecule has 2 rings (SSSR count). The standard InChI is InChI=1S/C13H20N4S/c1-3-10-8-17(6-7-18-10)13-11(12(14)15)9(2)4-5-16-13/h4-5,10H,3,6-8H2,1-2H3,(H3,14,15). The molecular weight excluding hydrogens is 244 g/mol. The molecule has 1 fully saturated rings. The van der Waals surface area contributed by atoms with Gasteiger partial charge in [0, 0.05) is 30.3 Å². The molecule has 1 aromatic heterocycles. The Morgan fingerprint density at radius 1 is 1.67 bits per heavy atom. The van der Waals surface area contributed by atoms with Crippen LogP contribution in [-0.2, 0) is 0 Å². The van der Waals surface area contributed by atoms with Crippen LogP contribution in [-0.4, -0.2) is 34.9 Å². The lowest BCUT2D eigenvalue weighted by molar-refractivity contribution is 0.719. The summed E-state index contributed by atoms with van der Waals surface area (Å²) in [5.41, 5.74) is 7.52. The third-order valence-electron chi connectivity index (χ3n) is 3.30. The van der Waals surface area contributed by atoms with Crippen molar-refractivity contribution in [2.45, 2.75) is 25.5 Å². The largest absolute Gasteiger partial charge is 0.384 e. The molecular formula is C13H20N4S. The van der Waals surface area contributed by atoms with E-state index in [0.717, 1.165) is 35.8 Å². The zero-order valence-electron chi connectivity index (χ0n) is 10.9. The van der Waals surface area contributed by atoms with Crippen LogP contribution in [0.3, 0.4) is 0 Å². The van der Waals surface area contributed by atoms with E-state index < -0.39 is 0 Å². The Bertz CT molecular complexity index is 447. The molecule has 0 aliphatic carbocycles. The van der Waals surface area contributed by atoms with Gasteiger partial charge >= 0.3 is 0 Å². The highest BCUT2D eigenvalue weighted by Gasteiger charge is 2.23. The number of nitrogens with one attached hydrogen (secondary N) is 1. The van der Waals surface area contributed by atoms with Crippen molar-refractivity contribution in [3.63, 3.8) is 0 Å². The highest BCUT2D eigenvalue weighted by molar-refractivity contribution is 8.00. The number of rotatable bonds is 3. The predicted octanol–water partition coefficient (Wildman–Crippen LogP) is 2.01. The second-order valence-electron chi connectivity index (χ2n) is 4.59. The molecule has 5 heteroatoms. The number of thioether (sulfide) groups is 1. The van der Waals surface area contributed by atoms with Crippen molar-refractivity contribution in [3.8, 4) is 0 Å². The van der Waals surface area contributed by atoms with Gasteiger partial charge in [0.15, 0.2) is 0 Å². The maximum Gasteiger partial charge on any atom is 0.139 e. The van der Waals surface area contributed by atoms with E-state index in [-0.39, 0.29) is 5.84 Å². The third-order valence-corrected chi connectivity index (χ3v) is 4.67. The molecule has 0 saturated carbocycles. The van der Waals surface area contributed by atoms with E-state index in [1.807, 2.05) is 24.8 Å². The van der Waals surface area contributed by atoms with Crippen LogP contribution >= 0.6 is 11.8 Å². The smallest absolute Gasteiger partial charge is 0.139 e. The summed E-state index contributed by atoms with van der Waals surface area (Å²) in [5.74, 6) is 2.11. The molecule has 4 nitrogen and oxygen atoms in total. The lowest BCUT2D eigenvalue weighted by Gasteiger charge is -2.34. The molecule has 0 bridgehead atoms. The van der Waals surface area contributed by atoms with E-state index in [2.05, 4.69) is 16.8 Å². The van der Waals surface area contributed by atoms with E-state index in [0.29, 0.717) is 5.25 Å². The number of aromatic nitrogens is 1. The number of hydrogen-bond donors (Lipinski definition) is 2. The lowest BCUT2D eigenvalue weighted by Crippen LogP contribution is -2.39. The molecule has 3 N–H and O–H groups in total.